The summed E-state index contributed by atoms with van der Waals surface area (Å²) in [7, 11) is 0. The zero-order chi connectivity index (χ0) is 20.8. The number of fused-ring (bicyclic) bond motifs is 1. The van der Waals surface area contributed by atoms with E-state index in [9.17, 15) is 9.59 Å². The molecule has 0 aromatic carbocycles. The second-order valence-corrected chi connectivity index (χ2v) is 9.12. The van der Waals surface area contributed by atoms with Crippen LogP contribution in [0.4, 0.5) is 10.5 Å². The number of carbonyl (C=O) groups excluding carboxylic acids is 2. The van der Waals surface area contributed by atoms with Crippen molar-refractivity contribution in [3.8, 4) is 0 Å². The summed E-state index contributed by atoms with van der Waals surface area (Å²) >= 11 is 0. The lowest BCUT2D eigenvalue weighted by atomic mass is 10.2. The number of ether oxygens (including phenoxy) is 2. The molecular weight excluding hydrogens is 372 g/mol. The number of nitrogens with zero attached hydrogens (tertiary/aromatic N) is 3. The first-order valence-corrected chi connectivity index (χ1v) is 10.3. The average molecular weight is 402 g/mol. The Kier molecular flexibility index (Phi) is 5.14. The number of aromatic nitrogens is 1. The minimum absolute atomic E-state index is 0.117. The van der Waals surface area contributed by atoms with Crippen LogP contribution < -0.4 is 10.2 Å². The van der Waals surface area contributed by atoms with Gasteiger partial charge in [-0.2, -0.15) is 0 Å². The Morgan fingerprint density at radius 2 is 1.79 bits per heavy atom. The van der Waals surface area contributed by atoms with Gasteiger partial charge >= 0.3 is 6.09 Å². The summed E-state index contributed by atoms with van der Waals surface area (Å²) in [5, 5.41) is 3.08. The minimum Gasteiger partial charge on any atom is -0.444 e. The normalized spacial score (nSPS) is 26.1. The third-order valence-electron chi connectivity index (χ3n) is 5.81. The number of carbonyl (C=O) groups is 2. The Balaban J connectivity index is 1.33. The van der Waals surface area contributed by atoms with Crippen molar-refractivity contribution in [2.24, 2.45) is 11.8 Å². The number of piperazine rings is 1. The van der Waals surface area contributed by atoms with Crippen LogP contribution in [0, 0.1) is 18.8 Å². The molecule has 3 aliphatic rings. The van der Waals surface area contributed by atoms with Crippen LogP contribution in [0.3, 0.4) is 0 Å². The molecule has 3 fully saturated rings. The SMILES string of the molecule is Cc1nc(C(=O)NC2C3COCC32)ccc1N1CCN(C(=O)OC(C)(C)C)CC1. The second-order valence-electron chi connectivity index (χ2n) is 9.12. The van der Waals surface area contributed by atoms with E-state index in [4.69, 9.17) is 9.47 Å². The first-order valence-electron chi connectivity index (χ1n) is 10.3. The van der Waals surface area contributed by atoms with Crippen LogP contribution in [0.1, 0.15) is 37.0 Å². The standard InChI is InChI=1S/C21H30N4O4/c1-13-17(24-7-9-25(10-8-24)20(27)29-21(2,3)4)6-5-16(22-13)19(26)23-18-14-11-28-12-15(14)18/h5-6,14-15,18H,7-12H2,1-4H3,(H,23,26). The third-order valence-corrected chi connectivity index (χ3v) is 5.81. The molecule has 8 nitrogen and oxygen atoms in total. The first-order chi connectivity index (χ1) is 13.7. The van der Waals surface area contributed by atoms with Crippen molar-refractivity contribution in [2.45, 2.75) is 39.3 Å². The fourth-order valence-corrected chi connectivity index (χ4v) is 4.15. The van der Waals surface area contributed by atoms with Crippen molar-refractivity contribution >= 4 is 17.7 Å². The monoisotopic (exact) mass is 402 g/mol. The predicted molar refractivity (Wildman–Crippen MR) is 108 cm³/mol. The van der Waals surface area contributed by atoms with Crippen molar-refractivity contribution in [2.75, 3.05) is 44.3 Å². The van der Waals surface area contributed by atoms with Crippen LogP contribution in [0.5, 0.6) is 0 Å². The van der Waals surface area contributed by atoms with Gasteiger partial charge in [0.25, 0.3) is 5.91 Å². The molecule has 0 bridgehead atoms. The van der Waals surface area contributed by atoms with Crippen LogP contribution in [0.2, 0.25) is 0 Å². The van der Waals surface area contributed by atoms with E-state index in [1.54, 1.807) is 11.0 Å². The Labute approximate surface area is 171 Å². The van der Waals surface area contributed by atoms with E-state index in [0.29, 0.717) is 43.7 Å². The molecule has 2 amide bonds. The molecule has 1 aromatic rings. The summed E-state index contributed by atoms with van der Waals surface area (Å²) in [4.78, 5) is 33.2. The number of amides is 2. The highest BCUT2D eigenvalue weighted by molar-refractivity contribution is 5.93. The molecule has 1 saturated carbocycles. The highest BCUT2D eigenvalue weighted by Crippen LogP contribution is 2.44. The Hall–Kier alpha value is -2.35. The Morgan fingerprint density at radius 1 is 1.14 bits per heavy atom. The molecule has 2 aliphatic heterocycles. The fraction of sp³-hybridized carbons (Fsp3) is 0.667. The first kappa shape index (κ1) is 19.9. The quantitative estimate of drug-likeness (QED) is 0.830. The van der Waals surface area contributed by atoms with Crippen LogP contribution in [0.15, 0.2) is 12.1 Å². The summed E-state index contributed by atoms with van der Waals surface area (Å²) in [6, 6.07) is 3.98. The van der Waals surface area contributed by atoms with Gasteiger partial charge < -0.3 is 24.6 Å². The zero-order valence-corrected chi connectivity index (χ0v) is 17.6. The fourth-order valence-electron chi connectivity index (χ4n) is 4.15. The smallest absolute Gasteiger partial charge is 0.410 e. The van der Waals surface area contributed by atoms with Gasteiger partial charge in [-0.25, -0.2) is 9.78 Å². The number of hydrogen-bond donors (Lipinski definition) is 1. The van der Waals surface area contributed by atoms with E-state index in [-0.39, 0.29) is 18.0 Å². The number of pyridine rings is 1. The predicted octanol–water partition coefficient (Wildman–Crippen LogP) is 1.82. The molecule has 158 valence electrons. The highest BCUT2D eigenvalue weighted by Gasteiger charge is 2.54. The van der Waals surface area contributed by atoms with Gasteiger partial charge in [0.05, 0.1) is 24.6 Å². The largest absolute Gasteiger partial charge is 0.444 e. The Morgan fingerprint density at radius 3 is 2.38 bits per heavy atom. The summed E-state index contributed by atoms with van der Waals surface area (Å²) in [5.41, 5.74) is 1.78. The number of rotatable bonds is 3. The highest BCUT2D eigenvalue weighted by atomic mass is 16.6. The lowest BCUT2D eigenvalue weighted by molar-refractivity contribution is 0.0240. The van der Waals surface area contributed by atoms with Crippen LogP contribution in [-0.2, 0) is 9.47 Å². The molecule has 1 aliphatic carbocycles. The zero-order valence-electron chi connectivity index (χ0n) is 17.6. The molecule has 2 atom stereocenters. The van der Waals surface area contributed by atoms with Crippen molar-refractivity contribution in [1.29, 1.82) is 0 Å². The van der Waals surface area contributed by atoms with Crippen molar-refractivity contribution in [3.63, 3.8) is 0 Å². The average Bonchev–Trinajstić information content (AvgIpc) is 3.08. The van der Waals surface area contributed by atoms with Crippen molar-refractivity contribution in [1.82, 2.24) is 15.2 Å². The van der Waals surface area contributed by atoms with Crippen LogP contribution in [0.25, 0.3) is 0 Å². The lowest BCUT2D eigenvalue weighted by Gasteiger charge is -2.37. The van der Waals surface area contributed by atoms with E-state index in [1.807, 2.05) is 33.8 Å². The molecule has 0 radical (unpaired) electrons. The van der Waals surface area contributed by atoms with Crippen molar-refractivity contribution in [3.05, 3.63) is 23.5 Å². The summed E-state index contributed by atoms with van der Waals surface area (Å²) < 4.78 is 10.8. The van der Waals surface area contributed by atoms with E-state index >= 15 is 0 Å². The van der Waals surface area contributed by atoms with Gasteiger partial charge in [0, 0.05) is 44.1 Å². The van der Waals surface area contributed by atoms with Gasteiger partial charge in [-0.15, -0.1) is 0 Å². The summed E-state index contributed by atoms with van der Waals surface area (Å²) in [6.45, 7) is 11.6. The molecule has 3 heterocycles. The summed E-state index contributed by atoms with van der Waals surface area (Å²) in [5.74, 6) is 0.829. The number of nitrogens with one attached hydrogen (secondary N) is 1. The van der Waals surface area contributed by atoms with Gasteiger partial charge in [0.15, 0.2) is 0 Å². The van der Waals surface area contributed by atoms with E-state index in [2.05, 4.69) is 15.2 Å². The van der Waals surface area contributed by atoms with Crippen LogP contribution in [-0.4, -0.2) is 72.9 Å². The third kappa shape index (κ3) is 4.32. The molecular formula is C21H30N4O4. The molecule has 29 heavy (non-hydrogen) atoms. The van der Waals surface area contributed by atoms with Crippen LogP contribution >= 0.6 is 0 Å². The van der Waals surface area contributed by atoms with Gasteiger partial charge in [-0.3, -0.25) is 4.79 Å². The van der Waals surface area contributed by atoms with Gasteiger partial charge in [0.2, 0.25) is 0 Å². The van der Waals surface area contributed by atoms with E-state index in [1.165, 1.54) is 0 Å². The minimum atomic E-state index is -0.489. The summed E-state index contributed by atoms with van der Waals surface area (Å²) in [6.07, 6.45) is -0.269. The van der Waals surface area contributed by atoms with E-state index < -0.39 is 5.60 Å². The number of aryl methyl sites for hydroxylation is 1. The van der Waals surface area contributed by atoms with Gasteiger partial charge in [-0.05, 0) is 39.8 Å². The molecule has 2 saturated heterocycles. The molecule has 0 spiro atoms. The molecule has 1 aromatic heterocycles. The van der Waals surface area contributed by atoms with E-state index in [0.717, 1.165) is 24.6 Å². The van der Waals surface area contributed by atoms with Gasteiger partial charge in [0.1, 0.15) is 11.3 Å². The maximum absolute atomic E-state index is 12.5. The second kappa shape index (κ2) is 7.48. The van der Waals surface area contributed by atoms with Crippen molar-refractivity contribution < 1.29 is 19.1 Å². The molecule has 8 heteroatoms. The molecule has 4 rings (SSSR count). The molecule has 2 unspecified atom stereocenters. The Bertz CT molecular complexity index is 788. The topological polar surface area (TPSA) is 84.0 Å². The maximum Gasteiger partial charge on any atom is 0.410 e. The maximum atomic E-state index is 12.5. The molecule has 1 N–H and O–H groups in total. The van der Waals surface area contributed by atoms with Gasteiger partial charge in [-0.1, -0.05) is 0 Å². The number of hydrogen-bond acceptors (Lipinski definition) is 6. The number of anilines is 1. The lowest BCUT2D eigenvalue weighted by Crippen LogP contribution is -2.50.